The van der Waals surface area contributed by atoms with Crippen molar-refractivity contribution >= 4 is 0 Å². The fourth-order valence-corrected chi connectivity index (χ4v) is 0.612. The van der Waals surface area contributed by atoms with Crippen molar-refractivity contribution in [3.8, 4) is 0 Å². The Balaban J connectivity index is 0.000001000. The predicted octanol–water partition coefficient (Wildman–Crippen LogP) is 1.14. The fraction of sp³-hybridized carbons (Fsp3) is 0.714. The van der Waals surface area contributed by atoms with Crippen molar-refractivity contribution in [2.24, 2.45) is 0 Å². The molecule has 0 amide bonds. The summed E-state index contributed by atoms with van der Waals surface area (Å²) in [5.74, 6) is 0. The molecule has 1 heterocycles. The van der Waals surface area contributed by atoms with Crippen molar-refractivity contribution in [1.29, 1.82) is 0 Å². The summed E-state index contributed by atoms with van der Waals surface area (Å²) in [4.78, 5) is 0. The van der Waals surface area contributed by atoms with Crippen molar-refractivity contribution in [2.45, 2.75) is 33.2 Å². The van der Waals surface area contributed by atoms with Gasteiger partial charge in [0.15, 0.2) is 0 Å². The van der Waals surface area contributed by atoms with Crippen molar-refractivity contribution in [3.05, 3.63) is 11.9 Å². The molecule has 1 aromatic rings. The Hall–Kier alpha value is 0.244. The molecule has 0 fully saturated rings. The minimum absolute atomic E-state index is 0. The number of hydrogen-bond donors (Lipinski definition) is 0. The zero-order chi connectivity index (χ0) is 7.78. The van der Waals surface area contributed by atoms with Crippen LogP contribution in [0.2, 0.25) is 0 Å². The Labute approximate surface area is 92.4 Å². The van der Waals surface area contributed by atoms with Crippen LogP contribution in [0.1, 0.15) is 26.5 Å². The summed E-state index contributed by atoms with van der Waals surface area (Å²) in [6.07, 6.45) is 3.01. The third kappa shape index (κ3) is 3.00. The molecule has 1 aromatic heterocycles. The second-order valence-electron chi connectivity index (χ2n) is 3.37. The quantitative estimate of drug-likeness (QED) is 0.622. The van der Waals surface area contributed by atoms with Gasteiger partial charge in [-0.15, -0.1) is 10.9 Å². The summed E-state index contributed by atoms with van der Waals surface area (Å²) >= 11 is 0. The third-order valence-electron chi connectivity index (χ3n) is 1.19. The van der Waals surface area contributed by atoms with Crippen LogP contribution < -0.4 is 0 Å². The molecule has 0 atom stereocenters. The maximum absolute atomic E-state index is 3.90. The molecule has 0 aliphatic rings. The molecule has 0 saturated carbocycles. The number of nitrogens with zero attached hydrogens (tertiary/aromatic N) is 3. The first-order chi connectivity index (χ1) is 4.50. The minimum Gasteiger partial charge on any atom is -0.421 e. The van der Waals surface area contributed by atoms with E-state index >= 15 is 0 Å². The SMILES string of the molecule is Cc1[c-]n(C(C)(C)C)nn1.[Y]. The van der Waals surface area contributed by atoms with E-state index in [2.05, 4.69) is 37.3 Å². The number of aromatic nitrogens is 3. The van der Waals surface area contributed by atoms with Crippen LogP contribution >= 0.6 is 0 Å². The fourth-order valence-electron chi connectivity index (χ4n) is 0.612. The van der Waals surface area contributed by atoms with E-state index in [1.165, 1.54) is 0 Å². The van der Waals surface area contributed by atoms with Crippen LogP contribution in [-0.4, -0.2) is 15.0 Å². The molecule has 0 aliphatic carbocycles. The van der Waals surface area contributed by atoms with Gasteiger partial charge in [0.25, 0.3) is 0 Å². The standard InChI is InChI=1S/C7H12N3.Y/c1-6-5-10(9-8-6)7(2,3)4;/h1-4H3;/q-1;. The van der Waals surface area contributed by atoms with Crippen molar-refractivity contribution in [2.75, 3.05) is 0 Å². The van der Waals surface area contributed by atoms with E-state index in [-0.39, 0.29) is 38.2 Å². The van der Waals surface area contributed by atoms with Crippen LogP contribution in [0.15, 0.2) is 0 Å². The summed E-state index contributed by atoms with van der Waals surface area (Å²) in [5.41, 5.74) is 0.844. The van der Waals surface area contributed by atoms with Gasteiger partial charge in [0.05, 0.1) is 0 Å². The summed E-state index contributed by atoms with van der Waals surface area (Å²) < 4.78 is 1.74. The second kappa shape index (κ2) is 3.77. The maximum atomic E-state index is 3.90. The molecule has 59 valence electrons. The monoisotopic (exact) mass is 227 g/mol. The maximum Gasteiger partial charge on any atom is 0.0199 e. The normalized spacial score (nSPS) is 10.9. The van der Waals surface area contributed by atoms with Gasteiger partial charge in [0.2, 0.25) is 0 Å². The van der Waals surface area contributed by atoms with E-state index in [0.29, 0.717) is 0 Å². The molecule has 1 rings (SSSR count). The average molecular weight is 227 g/mol. The van der Waals surface area contributed by atoms with Gasteiger partial charge in [-0.1, -0.05) is 6.92 Å². The number of aryl methyl sites for hydroxylation is 1. The molecule has 0 spiro atoms. The van der Waals surface area contributed by atoms with Gasteiger partial charge in [0, 0.05) is 38.2 Å². The Bertz CT molecular complexity index is 224. The van der Waals surface area contributed by atoms with E-state index < -0.39 is 0 Å². The first-order valence-electron chi connectivity index (χ1n) is 3.32. The van der Waals surface area contributed by atoms with Crippen molar-refractivity contribution in [1.82, 2.24) is 15.0 Å². The van der Waals surface area contributed by atoms with Crippen LogP contribution in [0.3, 0.4) is 0 Å². The third-order valence-corrected chi connectivity index (χ3v) is 1.19. The molecule has 4 heteroatoms. The Morgan fingerprint density at radius 1 is 1.36 bits per heavy atom. The smallest absolute Gasteiger partial charge is 0.0199 e. The van der Waals surface area contributed by atoms with Crippen LogP contribution in [-0.2, 0) is 38.2 Å². The van der Waals surface area contributed by atoms with Crippen LogP contribution in [0.4, 0.5) is 0 Å². The Kier molecular flexibility index (Phi) is 3.85. The molecule has 0 aromatic carbocycles. The molecule has 3 nitrogen and oxygen atoms in total. The van der Waals surface area contributed by atoms with Gasteiger partial charge in [0.1, 0.15) is 0 Å². The van der Waals surface area contributed by atoms with Gasteiger partial charge in [-0.25, -0.2) is 0 Å². The second-order valence-corrected chi connectivity index (χ2v) is 3.37. The molecule has 11 heavy (non-hydrogen) atoms. The first kappa shape index (κ1) is 11.2. The number of hydrogen-bond acceptors (Lipinski definition) is 2. The summed E-state index contributed by atoms with van der Waals surface area (Å²) in [7, 11) is 0. The average Bonchev–Trinajstić information content (AvgIpc) is 2.11. The molecular weight excluding hydrogens is 215 g/mol. The molecule has 0 saturated heterocycles. The molecule has 0 aliphatic heterocycles. The van der Waals surface area contributed by atoms with E-state index in [9.17, 15) is 0 Å². The molecule has 0 unspecified atom stereocenters. The molecule has 0 N–H and O–H groups in total. The largest absolute Gasteiger partial charge is 0.421 e. The van der Waals surface area contributed by atoms with Crippen molar-refractivity contribution < 1.29 is 32.7 Å². The zero-order valence-electron chi connectivity index (χ0n) is 7.42. The van der Waals surface area contributed by atoms with Gasteiger partial charge in [-0.2, -0.15) is 5.10 Å². The molecular formula is C7H12N3Y-. The Morgan fingerprint density at radius 3 is 2.09 bits per heavy atom. The van der Waals surface area contributed by atoms with Gasteiger partial charge in [-0.05, 0) is 20.8 Å². The van der Waals surface area contributed by atoms with Gasteiger partial charge in [-0.3, -0.25) is 0 Å². The first-order valence-corrected chi connectivity index (χ1v) is 3.32. The van der Waals surface area contributed by atoms with Crippen LogP contribution in [0.25, 0.3) is 0 Å². The molecule has 0 bridgehead atoms. The van der Waals surface area contributed by atoms with E-state index in [1.54, 1.807) is 4.68 Å². The van der Waals surface area contributed by atoms with Gasteiger partial charge < -0.3 is 10.9 Å². The van der Waals surface area contributed by atoms with Gasteiger partial charge >= 0.3 is 0 Å². The van der Waals surface area contributed by atoms with Crippen molar-refractivity contribution in [3.63, 3.8) is 0 Å². The summed E-state index contributed by atoms with van der Waals surface area (Å²) in [6.45, 7) is 8.09. The van der Waals surface area contributed by atoms with E-state index in [4.69, 9.17) is 0 Å². The Morgan fingerprint density at radius 2 is 1.91 bits per heavy atom. The summed E-state index contributed by atoms with van der Waals surface area (Å²) in [5, 5.41) is 7.74. The minimum atomic E-state index is 0. The van der Waals surface area contributed by atoms with E-state index in [1.807, 2.05) is 6.92 Å². The number of rotatable bonds is 0. The topological polar surface area (TPSA) is 30.7 Å². The molecule has 1 radical (unpaired) electrons. The van der Waals surface area contributed by atoms with Crippen LogP contribution in [0.5, 0.6) is 0 Å². The van der Waals surface area contributed by atoms with Crippen LogP contribution in [0, 0.1) is 13.1 Å². The zero-order valence-corrected chi connectivity index (χ0v) is 10.3. The predicted molar refractivity (Wildman–Crippen MR) is 38.6 cm³/mol. The van der Waals surface area contributed by atoms with E-state index in [0.717, 1.165) is 5.69 Å². The summed E-state index contributed by atoms with van der Waals surface area (Å²) in [6, 6.07) is 0.